The van der Waals surface area contributed by atoms with E-state index in [0.717, 1.165) is 0 Å². The fourth-order valence-electron chi connectivity index (χ4n) is 1.32. The number of nitrogen functional groups attached to an aromatic ring is 1. The van der Waals surface area contributed by atoms with Gasteiger partial charge in [-0.25, -0.2) is 8.42 Å². The van der Waals surface area contributed by atoms with E-state index >= 15 is 0 Å². The molecule has 0 radical (unpaired) electrons. The number of alkyl halides is 1. The molecule has 0 aromatic heterocycles. The number of nitrogens with two attached hydrogens (primary N) is 1. The Bertz CT molecular complexity index is 520. The molecular formula is C11H16Cl2N2O3S. The molecule has 8 heteroatoms. The summed E-state index contributed by atoms with van der Waals surface area (Å²) in [5, 5.41) is 2.52. The molecule has 0 saturated carbocycles. The van der Waals surface area contributed by atoms with Crippen LogP contribution in [0.3, 0.4) is 0 Å². The third-order valence-corrected chi connectivity index (χ3v) is 4.30. The minimum atomic E-state index is -3.19. The van der Waals surface area contributed by atoms with E-state index in [1.807, 2.05) is 0 Å². The smallest absolute Gasteiger partial charge is 0.251 e. The number of rotatable bonds is 6. The average molecular weight is 327 g/mol. The maximum absolute atomic E-state index is 11.7. The maximum Gasteiger partial charge on any atom is 0.251 e. The highest BCUT2D eigenvalue weighted by atomic mass is 35.5. The number of hydrogen-bond acceptors (Lipinski definition) is 4. The van der Waals surface area contributed by atoms with Crippen LogP contribution in [0.1, 0.15) is 10.4 Å². The van der Waals surface area contributed by atoms with Crippen molar-refractivity contribution in [1.29, 1.82) is 0 Å². The van der Waals surface area contributed by atoms with E-state index in [4.69, 9.17) is 17.3 Å². The van der Waals surface area contributed by atoms with E-state index < -0.39 is 9.84 Å². The molecule has 5 nitrogen and oxygen atoms in total. The van der Waals surface area contributed by atoms with Gasteiger partial charge in [0, 0.05) is 23.7 Å². The number of sulfone groups is 1. The van der Waals surface area contributed by atoms with Crippen molar-refractivity contribution in [3.8, 4) is 0 Å². The van der Waals surface area contributed by atoms with E-state index in [-0.39, 0.29) is 42.2 Å². The molecule has 3 N–H and O–H groups in total. The van der Waals surface area contributed by atoms with Gasteiger partial charge in [-0.15, -0.1) is 24.0 Å². The number of nitrogens with one attached hydrogen (secondary N) is 1. The molecule has 1 amide bonds. The topological polar surface area (TPSA) is 89.3 Å². The van der Waals surface area contributed by atoms with Gasteiger partial charge in [-0.3, -0.25) is 4.79 Å². The van der Waals surface area contributed by atoms with Crippen LogP contribution in [-0.4, -0.2) is 38.3 Å². The summed E-state index contributed by atoms with van der Waals surface area (Å²) < 4.78 is 22.7. The zero-order chi connectivity index (χ0) is 13.6. The van der Waals surface area contributed by atoms with Crippen LogP contribution >= 0.6 is 24.0 Å². The lowest BCUT2D eigenvalue weighted by molar-refractivity contribution is 0.0956. The zero-order valence-corrected chi connectivity index (χ0v) is 12.5. The van der Waals surface area contributed by atoms with Crippen molar-refractivity contribution in [2.75, 3.05) is 29.7 Å². The van der Waals surface area contributed by atoms with Gasteiger partial charge in [-0.2, -0.15) is 0 Å². The summed E-state index contributed by atoms with van der Waals surface area (Å²) >= 11 is 5.36. The van der Waals surface area contributed by atoms with Crippen LogP contribution < -0.4 is 11.1 Å². The average Bonchev–Trinajstić information content (AvgIpc) is 2.28. The van der Waals surface area contributed by atoms with Gasteiger partial charge in [0.1, 0.15) is 0 Å². The first-order valence-corrected chi connectivity index (χ1v) is 7.70. The number of anilines is 1. The van der Waals surface area contributed by atoms with Crippen LogP contribution in [-0.2, 0) is 9.84 Å². The normalized spacial score (nSPS) is 10.6. The van der Waals surface area contributed by atoms with E-state index in [9.17, 15) is 13.2 Å². The molecule has 0 heterocycles. The van der Waals surface area contributed by atoms with Crippen LogP contribution in [0.4, 0.5) is 5.69 Å². The van der Waals surface area contributed by atoms with Gasteiger partial charge >= 0.3 is 0 Å². The second kappa shape index (κ2) is 8.24. The molecule has 0 unspecified atom stereocenters. The fourth-order valence-corrected chi connectivity index (χ4v) is 2.88. The summed E-state index contributed by atoms with van der Waals surface area (Å²) in [4.78, 5) is 11.7. The summed E-state index contributed by atoms with van der Waals surface area (Å²) in [6.07, 6.45) is 0. The highest BCUT2D eigenvalue weighted by Crippen LogP contribution is 2.05. The Labute approximate surface area is 123 Å². The number of hydrogen-bond donors (Lipinski definition) is 2. The predicted octanol–water partition coefficient (Wildman–Crippen LogP) is 1.07. The predicted molar refractivity (Wildman–Crippen MR) is 79.8 cm³/mol. The molecule has 0 saturated heterocycles. The molecule has 108 valence electrons. The summed E-state index contributed by atoms with van der Waals surface area (Å²) in [5.41, 5.74) is 6.43. The SMILES string of the molecule is Cl.Nc1cccc(C(=O)NCCS(=O)(=O)CCCl)c1. The van der Waals surface area contributed by atoms with Crippen molar-refractivity contribution in [3.63, 3.8) is 0 Å². The van der Waals surface area contributed by atoms with E-state index in [1.165, 1.54) is 6.07 Å². The van der Waals surface area contributed by atoms with Gasteiger partial charge in [0.2, 0.25) is 0 Å². The number of benzene rings is 1. The molecule has 0 fully saturated rings. The zero-order valence-electron chi connectivity index (χ0n) is 10.1. The largest absolute Gasteiger partial charge is 0.399 e. The molecule has 0 bridgehead atoms. The van der Waals surface area contributed by atoms with Crippen LogP contribution in [0.2, 0.25) is 0 Å². The number of amides is 1. The molecule has 0 atom stereocenters. The van der Waals surface area contributed by atoms with Crippen molar-refractivity contribution in [3.05, 3.63) is 29.8 Å². The molecule has 1 aromatic carbocycles. The van der Waals surface area contributed by atoms with Gasteiger partial charge in [-0.05, 0) is 18.2 Å². The molecule has 1 rings (SSSR count). The monoisotopic (exact) mass is 326 g/mol. The van der Waals surface area contributed by atoms with Gasteiger partial charge in [0.15, 0.2) is 9.84 Å². The lowest BCUT2D eigenvalue weighted by atomic mass is 10.2. The van der Waals surface area contributed by atoms with Crippen molar-refractivity contribution >= 4 is 45.4 Å². The summed E-state index contributed by atoms with van der Waals surface area (Å²) in [6, 6.07) is 6.47. The van der Waals surface area contributed by atoms with Crippen LogP contribution in [0.15, 0.2) is 24.3 Å². The minimum Gasteiger partial charge on any atom is -0.399 e. The van der Waals surface area contributed by atoms with E-state index in [1.54, 1.807) is 18.2 Å². The lowest BCUT2D eigenvalue weighted by Gasteiger charge is -2.06. The number of carbonyl (C=O) groups is 1. The quantitative estimate of drug-likeness (QED) is 0.604. The molecular weight excluding hydrogens is 311 g/mol. The molecule has 0 spiro atoms. The molecule has 1 aromatic rings. The Balaban J connectivity index is 0.00000324. The minimum absolute atomic E-state index is 0. The standard InChI is InChI=1S/C11H15ClN2O3S.ClH/c12-4-6-18(16,17)7-5-14-11(15)9-2-1-3-10(13)8-9;/h1-3,8H,4-7,13H2,(H,14,15);1H. The van der Waals surface area contributed by atoms with Crippen molar-refractivity contribution in [2.24, 2.45) is 0 Å². The first-order chi connectivity index (χ1) is 8.44. The second-order valence-electron chi connectivity index (χ2n) is 3.72. The summed E-state index contributed by atoms with van der Waals surface area (Å²) in [7, 11) is -3.19. The first-order valence-electron chi connectivity index (χ1n) is 5.35. The Kier molecular flexibility index (Phi) is 7.82. The van der Waals surface area contributed by atoms with Gasteiger partial charge in [0.25, 0.3) is 5.91 Å². The van der Waals surface area contributed by atoms with Crippen molar-refractivity contribution in [2.45, 2.75) is 0 Å². The Morgan fingerprint density at radius 2 is 2.00 bits per heavy atom. The van der Waals surface area contributed by atoms with Crippen LogP contribution in [0.5, 0.6) is 0 Å². The Morgan fingerprint density at radius 3 is 2.58 bits per heavy atom. The van der Waals surface area contributed by atoms with Crippen molar-refractivity contribution < 1.29 is 13.2 Å². The number of carbonyl (C=O) groups excluding carboxylic acids is 1. The summed E-state index contributed by atoms with van der Waals surface area (Å²) in [5.74, 6) is -0.481. The van der Waals surface area contributed by atoms with Gasteiger partial charge < -0.3 is 11.1 Å². The highest BCUT2D eigenvalue weighted by molar-refractivity contribution is 7.91. The van der Waals surface area contributed by atoms with Crippen molar-refractivity contribution in [1.82, 2.24) is 5.32 Å². The molecule has 0 aliphatic rings. The molecule has 19 heavy (non-hydrogen) atoms. The molecule has 0 aliphatic carbocycles. The number of halogens is 2. The molecule has 0 aliphatic heterocycles. The first kappa shape index (κ1) is 18.0. The maximum atomic E-state index is 11.7. The lowest BCUT2D eigenvalue weighted by Crippen LogP contribution is -2.30. The highest BCUT2D eigenvalue weighted by Gasteiger charge is 2.11. The van der Waals surface area contributed by atoms with E-state index in [2.05, 4.69) is 5.32 Å². The Hall–Kier alpha value is -0.980. The van der Waals surface area contributed by atoms with Gasteiger partial charge in [0.05, 0.1) is 11.5 Å². The summed E-state index contributed by atoms with van der Waals surface area (Å²) in [6.45, 7) is 0.0624. The van der Waals surface area contributed by atoms with Crippen LogP contribution in [0.25, 0.3) is 0 Å². The van der Waals surface area contributed by atoms with E-state index in [0.29, 0.717) is 11.3 Å². The third-order valence-electron chi connectivity index (χ3n) is 2.24. The Morgan fingerprint density at radius 1 is 1.32 bits per heavy atom. The second-order valence-corrected chi connectivity index (χ2v) is 6.40. The van der Waals surface area contributed by atoms with Crippen LogP contribution in [0, 0.1) is 0 Å². The fraction of sp³-hybridized carbons (Fsp3) is 0.364. The third kappa shape index (κ3) is 6.66. The van der Waals surface area contributed by atoms with Gasteiger partial charge in [-0.1, -0.05) is 6.07 Å².